The molecule has 5 nitrogen and oxygen atoms in total. The highest BCUT2D eigenvalue weighted by Crippen LogP contribution is 2.31. The number of anilines is 2. The highest BCUT2D eigenvalue weighted by molar-refractivity contribution is 6.01. The lowest BCUT2D eigenvalue weighted by atomic mass is 10.1. The fourth-order valence-corrected chi connectivity index (χ4v) is 1.31. The Morgan fingerprint density at radius 2 is 1.95 bits per heavy atom. The number of rotatable bonds is 4. The molecule has 0 radical (unpaired) electrons. The minimum Gasteiger partial charge on any atom is -0.483 e. The molecule has 0 bridgehead atoms. The predicted molar refractivity (Wildman–Crippen MR) is 62.8 cm³/mol. The van der Waals surface area contributed by atoms with Gasteiger partial charge in [-0.15, -0.1) is 0 Å². The smallest absolute Gasteiger partial charge is 0.422 e. The Bertz CT molecular complexity index is 475. The second-order valence-electron chi connectivity index (χ2n) is 3.57. The van der Waals surface area contributed by atoms with Gasteiger partial charge in [-0.05, 0) is 19.1 Å². The van der Waals surface area contributed by atoms with Crippen LogP contribution in [0.15, 0.2) is 12.1 Å². The van der Waals surface area contributed by atoms with Crippen molar-refractivity contribution in [3.05, 3.63) is 17.7 Å². The van der Waals surface area contributed by atoms with Crippen molar-refractivity contribution in [1.82, 2.24) is 0 Å². The van der Waals surface area contributed by atoms with Crippen LogP contribution < -0.4 is 16.2 Å². The molecule has 19 heavy (non-hydrogen) atoms. The molecule has 1 aromatic rings. The molecular weight excluding hydrogens is 265 g/mol. The Morgan fingerprint density at radius 1 is 1.32 bits per heavy atom. The molecule has 106 valence electrons. The summed E-state index contributed by atoms with van der Waals surface area (Å²) in [4.78, 5) is 11.6. The average Bonchev–Trinajstić information content (AvgIpc) is 2.29. The number of hydrogen-bond donors (Lipinski definition) is 2. The predicted octanol–water partition coefficient (Wildman–Crippen LogP) is 1.97. The van der Waals surface area contributed by atoms with Crippen LogP contribution in [0.5, 0.6) is 5.75 Å². The molecule has 8 heteroatoms. The van der Waals surface area contributed by atoms with Crippen molar-refractivity contribution in [3.8, 4) is 5.75 Å². The van der Waals surface area contributed by atoms with Crippen LogP contribution in [0.2, 0.25) is 0 Å². The van der Waals surface area contributed by atoms with Crippen molar-refractivity contribution in [3.63, 3.8) is 0 Å². The maximum atomic E-state index is 12.1. The molecule has 1 rings (SSSR count). The first-order valence-corrected chi connectivity index (χ1v) is 5.31. The molecular formula is C11H13F3N2O3. The fourth-order valence-electron chi connectivity index (χ4n) is 1.31. The molecule has 0 atom stereocenters. The minimum absolute atomic E-state index is 0.0474. The minimum atomic E-state index is -4.53. The topological polar surface area (TPSA) is 87.6 Å². The Hall–Kier alpha value is -2.12. The second kappa shape index (κ2) is 5.68. The summed E-state index contributed by atoms with van der Waals surface area (Å²) in [7, 11) is 0. The Kier molecular flexibility index (Phi) is 4.47. The quantitative estimate of drug-likeness (QED) is 0.649. The van der Waals surface area contributed by atoms with Gasteiger partial charge in [0.25, 0.3) is 0 Å². The molecule has 0 aliphatic heterocycles. The molecule has 0 aliphatic rings. The maximum Gasteiger partial charge on any atom is 0.422 e. The summed E-state index contributed by atoms with van der Waals surface area (Å²) < 4.78 is 45.6. The summed E-state index contributed by atoms with van der Waals surface area (Å²) in [6.45, 7) is 0.0607. The van der Waals surface area contributed by atoms with Crippen molar-refractivity contribution in [2.45, 2.75) is 13.1 Å². The van der Waals surface area contributed by atoms with E-state index in [0.717, 1.165) is 6.07 Å². The van der Waals surface area contributed by atoms with Gasteiger partial charge in [0.2, 0.25) is 0 Å². The van der Waals surface area contributed by atoms with Crippen LogP contribution in [0.1, 0.15) is 17.3 Å². The van der Waals surface area contributed by atoms with E-state index in [9.17, 15) is 18.0 Å². The monoisotopic (exact) mass is 278 g/mol. The van der Waals surface area contributed by atoms with Gasteiger partial charge in [-0.3, -0.25) is 0 Å². The first-order chi connectivity index (χ1) is 8.76. The number of ether oxygens (including phenoxy) is 2. The molecule has 1 aromatic carbocycles. The van der Waals surface area contributed by atoms with E-state index in [-0.39, 0.29) is 29.3 Å². The Balaban J connectivity index is 3.10. The fraction of sp³-hybridized carbons (Fsp3) is 0.364. The highest BCUT2D eigenvalue weighted by atomic mass is 19.4. The summed E-state index contributed by atoms with van der Waals surface area (Å²) in [5.74, 6) is -1.20. The molecule has 0 aliphatic carbocycles. The average molecular weight is 278 g/mol. The molecule has 0 unspecified atom stereocenters. The normalized spacial score (nSPS) is 11.2. The van der Waals surface area contributed by atoms with Crippen molar-refractivity contribution in [2.24, 2.45) is 0 Å². The standard InChI is InChI=1S/C11H13F3N2O3/c1-2-18-10(17)8-7(19-5-11(12,13)14)4-3-6(15)9(8)16/h3-4H,2,5,15-16H2,1H3. The van der Waals surface area contributed by atoms with E-state index < -0.39 is 18.8 Å². The van der Waals surface area contributed by atoms with Gasteiger partial charge in [-0.1, -0.05) is 0 Å². The van der Waals surface area contributed by atoms with Crippen molar-refractivity contribution in [1.29, 1.82) is 0 Å². The molecule has 0 saturated carbocycles. The first kappa shape index (κ1) is 14.9. The third-order valence-electron chi connectivity index (χ3n) is 2.11. The van der Waals surface area contributed by atoms with Gasteiger partial charge in [0.05, 0.1) is 18.0 Å². The number of carbonyl (C=O) groups is 1. The zero-order valence-electron chi connectivity index (χ0n) is 10.1. The van der Waals surface area contributed by atoms with Gasteiger partial charge in [0, 0.05) is 0 Å². The van der Waals surface area contributed by atoms with Gasteiger partial charge in [-0.25, -0.2) is 4.79 Å². The van der Waals surface area contributed by atoms with Crippen LogP contribution in [0.3, 0.4) is 0 Å². The van der Waals surface area contributed by atoms with Crippen LogP contribution in [-0.2, 0) is 4.74 Å². The van der Waals surface area contributed by atoms with Gasteiger partial charge in [0.1, 0.15) is 11.3 Å². The Morgan fingerprint density at radius 3 is 2.47 bits per heavy atom. The lowest BCUT2D eigenvalue weighted by Gasteiger charge is -2.15. The van der Waals surface area contributed by atoms with E-state index in [1.807, 2.05) is 0 Å². The number of esters is 1. The van der Waals surface area contributed by atoms with E-state index in [1.54, 1.807) is 6.92 Å². The largest absolute Gasteiger partial charge is 0.483 e. The molecule has 0 amide bonds. The van der Waals surface area contributed by atoms with E-state index >= 15 is 0 Å². The molecule has 4 N–H and O–H groups in total. The third kappa shape index (κ3) is 3.94. The van der Waals surface area contributed by atoms with Crippen LogP contribution in [-0.4, -0.2) is 25.4 Å². The second-order valence-corrected chi connectivity index (χ2v) is 3.57. The number of nitrogens with two attached hydrogens (primary N) is 2. The number of carbonyl (C=O) groups excluding carboxylic acids is 1. The molecule has 0 fully saturated rings. The lowest BCUT2D eigenvalue weighted by molar-refractivity contribution is -0.153. The van der Waals surface area contributed by atoms with E-state index in [2.05, 4.69) is 4.74 Å². The van der Waals surface area contributed by atoms with E-state index in [0.29, 0.717) is 0 Å². The number of hydrogen-bond acceptors (Lipinski definition) is 5. The van der Waals surface area contributed by atoms with Gasteiger partial charge >= 0.3 is 12.1 Å². The van der Waals surface area contributed by atoms with Crippen molar-refractivity contribution in [2.75, 3.05) is 24.7 Å². The summed E-state index contributed by atoms with van der Waals surface area (Å²) in [6.07, 6.45) is -4.53. The van der Waals surface area contributed by atoms with Crippen LogP contribution in [0.25, 0.3) is 0 Å². The van der Waals surface area contributed by atoms with E-state index in [4.69, 9.17) is 16.2 Å². The first-order valence-electron chi connectivity index (χ1n) is 5.31. The Labute approximate surface area is 107 Å². The highest BCUT2D eigenvalue weighted by Gasteiger charge is 2.30. The molecule has 0 spiro atoms. The number of halogens is 3. The van der Waals surface area contributed by atoms with Crippen molar-refractivity contribution < 1.29 is 27.4 Å². The number of nitrogen functional groups attached to an aromatic ring is 2. The number of benzene rings is 1. The molecule has 0 heterocycles. The lowest BCUT2D eigenvalue weighted by Crippen LogP contribution is -2.21. The molecule has 0 saturated heterocycles. The SMILES string of the molecule is CCOC(=O)c1c(OCC(F)(F)F)ccc(N)c1N. The van der Waals surface area contributed by atoms with Gasteiger partial charge in [-0.2, -0.15) is 13.2 Å². The van der Waals surface area contributed by atoms with E-state index in [1.165, 1.54) is 6.07 Å². The summed E-state index contributed by atoms with van der Waals surface area (Å²) in [6, 6.07) is 2.40. The third-order valence-corrected chi connectivity index (χ3v) is 2.11. The van der Waals surface area contributed by atoms with Crippen LogP contribution in [0, 0.1) is 0 Å². The van der Waals surface area contributed by atoms with Crippen LogP contribution in [0.4, 0.5) is 24.5 Å². The summed E-state index contributed by atoms with van der Waals surface area (Å²) >= 11 is 0. The zero-order valence-corrected chi connectivity index (χ0v) is 10.1. The van der Waals surface area contributed by atoms with Crippen LogP contribution >= 0.6 is 0 Å². The van der Waals surface area contributed by atoms with Gasteiger partial charge in [0.15, 0.2) is 6.61 Å². The number of alkyl halides is 3. The molecule has 0 aromatic heterocycles. The zero-order chi connectivity index (χ0) is 14.6. The van der Waals surface area contributed by atoms with Crippen molar-refractivity contribution >= 4 is 17.3 Å². The van der Waals surface area contributed by atoms with Gasteiger partial charge < -0.3 is 20.9 Å². The maximum absolute atomic E-state index is 12.1. The summed E-state index contributed by atoms with van der Waals surface area (Å²) in [5, 5.41) is 0. The summed E-state index contributed by atoms with van der Waals surface area (Å²) in [5.41, 5.74) is 10.7.